The number of ether oxygens (including phenoxy) is 1. The Balaban J connectivity index is 2.88. The summed E-state index contributed by atoms with van der Waals surface area (Å²) >= 11 is 0. The lowest BCUT2D eigenvalue weighted by Crippen LogP contribution is -2.22. The van der Waals surface area contributed by atoms with E-state index >= 15 is 0 Å². The Hall–Kier alpha value is -0.160. The number of rotatable bonds is 5. The molecule has 0 saturated heterocycles. The van der Waals surface area contributed by atoms with Crippen LogP contribution in [0.2, 0.25) is 0 Å². The van der Waals surface area contributed by atoms with Gasteiger partial charge in [0.15, 0.2) is 0 Å². The van der Waals surface area contributed by atoms with Crippen molar-refractivity contribution >= 4 is 0 Å². The van der Waals surface area contributed by atoms with Crippen LogP contribution in [0.3, 0.4) is 0 Å². The first-order valence-corrected chi connectivity index (χ1v) is 2.94. The zero-order chi connectivity index (χ0) is 7.11. The van der Waals surface area contributed by atoms with E-state index in [1.165, 1.54) is 0 Å². The molecular formula is C5H14N2O2. The van der Waals surface area contributed by atoms with Crippen molar-refractivity contribution in [2.24, 2.45) is 11.6 Å². The standard InChI is InChI=1S/C5H14N2O2/c1-5(4-6)8-2-3-9-7/h5H,2-4,6-7H2,1H3. The molecule has 0 aliphatic rings. The van der Waals surface area contributed by atoms with Crippen LogP contribution < -0.4 is 11.6 Å². The summed E-state index contributed by atoms with van der Waals surface area (Å²) in [4.78, 5) is 4.27. The third-order valence-corrected chi connectivity index (χ3v) is 0.935. The summed E-state index contributed by atoms with van der Waals surface area (Å²) in [6.07, 6.45) is 0.0974. The van der Waals surface area contributed by atoms with Gasteiger partial charge < -0.3 is 15.3 Å². The summed E-state index contributed by atoms with van der Waals surface area (Å²) < 4.78 is 5.10. The summed E-state index contributed by atoms with van der Waals surface area (Å²) in [6, 6.07) is 0. The van der Waals surface area contributed by atoms with Gasteiger partial charge in [0.25, 0.3) is 0 Å². The van der Waals surface area contributed by atoms with Crippen molar-refractivity contribution in [1.29, 1.82) is 0 Å². The maximum atomic E-state index is 5.26. The van der Waals surface area contributed by atoms with Crippen LogP contribution in [0, 0.1) is 0 Å². The molecule has 0 radical (unpaired) electrons. The molecule has 0 heterocycles. The lowest BCUT2D eigenvalue weighted by Gasteiger charge is -2.08. The van der Waals surface area contributed by atoms with Crippen molar-refractivity contribution in [3.05, 3.63) is 0 Å². The van der Waals surface area contributed by atoms with Gasteiger partial charge in [-0.15, -0.1) is 0 Å². The number of nitrogens with two attached hydrogens (primary N) is 2. The van der Waals surface area contributed by atoms with Crippen molar-refractivity contribution in [1.82, 2.24) is 0 Å². The van der Waals surface area contributed by atoms with E-state index in [1.807, 2.05) is 6.92 Å². The van der Waals surface area contributed by atoms with Gasteiger partial charge in [-0.2, -0.15) is 0 Å². The zero-order valence-corrected chi connectivity index (χ0v) is 5.67. The molecule has 0 rings (SSSR count). The molecule has 0 fully saturated rings. The second kappa shape index (κ2) is 5.97. The summed E-state index contributed by atoms with van der Waals surface area (Å²) in [7, 11) is 0. The predicted octanol–water partition coefficient (Wildman–Crippen LogP) is -0.759. The molecule has 0 spiro atoms. The van der Waals surface area contributed by atoms with Crippen molar-refractivity contribution in [2.45, 2.75) is 13.0 Å². The first-order chi connectivity index (χ1) is 4.31. The van der Waals surface area contributed by atoms with Crippen molar-refractivity contribution in [2.75, 3.05) is 19.8 Å². The molecule has 9 heavy (non-hydrogen) atoms. The van der Waals surface area contributed by atoms with Gasteiger partial charge >= 0.3 is 0 Å². The fourth-order valence-electron chi connectivity index (χ4n) is 0.365. The lowest BCUT2D eigenvalue weighted by molar-refractivity contribution is 0.0156. The highest BCUT2D eigenvalue weighted by Gasteiger charge is 1.95. The molecule has 0 amide bonds. The van der Waals surface area contributed by atoms with Crippen LogP contribution in [0.25, 0.3) is 0 Å². The van der Waals surface area contributed by atoms with E-state index in [0.717, 1.165) is 0 Å². The second-order valence-corrected chi connectivity index (χ2v) is 1.79. The van der Waals surface area contributed by atoms with Crippen LogP contribution in [-0.4, -0.2) is 25.9 Å². The number of hydrogen-bond donors (Lipinski definition) is 2. The van der Waals surface area contributed by atoms with Gasteiger partial charge in [-0.3, -0.25) is 0 Å². The van der Waals surface area contributed by atoms with E-state index < -0.39 is 0 Å². The Kier molecular flexibility index (Phi) is 5.86. The quantitative estimate of drug-likeness (QED) is 0.383. The van der Waals surface area contributed by atoms with E-state index in [9.17, 15) is 0 Å². The molecular weight excluding hydrogens is 120 g/mol. The monoisotopic (exact) mass is 134 g/mol. The van der Waals surface area contributed by atoms with Gasteiger partial charge in [0.2, 0.25) is 0 Å². The topological polar surface area (TPSA) is 70.5 Å². The molecule has 1 atom stereocenters. The van der Waals surface area contributed by atoms with E-state index in [-0.39, 0.29) is 6.10 Å². The van der Waals surface area contributed by atoms with Crippen molar-refractivity contribution in [3.8, 4) is 0 Å². The lowest BCUT2D eigenvalue weighted by atomic mass is 10.4. The van der Waals surface area contributed by atoms with Crippen LogP contribution in [0.1, 0.15) is 6.92 Å². The Morgan fingerprint density at radius 2 is 2.11 bits per heavy atom. The first-order valence-electron chi connectivity index (χ1n) is 2.94. The Bertz CT molecular complexity index is 60.9. The fraction of sp³-hybridized carbons (Fsp3) is 1.00. The Morgan fingerprint density at radius 1 is 1.44 bits per heavy atom. The second-order valence-electron chi connectivity index (χ2n) is 1.79. The Morgan fingerprint density at radius 3 is 2.56 bits per heavy atom. The Labute approximate surface area is 55.1 Å². The van der Waals surface area contributed by atoms with Gasteiger partial charge in [0.1, 0.15) is 0 Å². The molecule has 0 aromatic rings. The van der Waals surface area contributed by atoms with Crippen LogP contribution >= 0.6 is 0 Å². The molecule has 0 aliphatic carbocycles. The summed E-state index contributed by atoms with van der Waals surface area (Å²) in [5.41, 5.74) is 5.26. The third-order valence-electron chi connectivity index (χ3n) is 0.935. The normalized spacial score (nSPS) is 13.7. The largest absolute Gasteiger partial charge is 0.375 e. The van der Waals surface area contributed by atoms with Crippen LogP contribution in [0.15, 0.2) is 0 Å². The SMILES string of the molecule is CC(CN)OCCON. The zero-order valence-electron chi connectivity index (χ0n) is 5.67. The molecule has 4 heteroatoms. The summed E-state index contributed by atoms with van der Waals surface area (Å²) in [5.74, 6) is 4.74. The number of hydrogen-bond acceptors (Lipinski definition) is 4. The molecule has 0 aliphatic heterocycles. The average molecular weight is 134 g/mol. The van der Waals surface area contributed by atoms with Crippen LogP contribution in [0.4, 0.5) is 0 Å². The maximum absolute atomic E-state index is 5.26. The molecule has 1 unspecified atom stereocenters. The smallest absolute Gasteiger partial charge is 0.0913 e. The van der Waals surface area contributed by atoms with Gasteiger partial charge in [-0.05, 0) is 6.92 Å². The first kappa shape index (κ1) is 8.84. The minimum Gasteiger partial charge on any atom is -0.375 e. The van der Waals surface area contributed by atoms with Crippen LogP contribution in [-0.2, 0) is 9.57 Å². The molecule has 0 bridgehead atoms. The van der Waals surface area contributed by atoms with Gasteiger partial charge in [-0.25, -0.2) is 5.90 Å². The summed E-state index contributed by atoms with van der Waals surface area (Å²) in [5, 5.41) is 0. The van der Waals surface area contributed by atoms with Crippen molar-refractivity contribution < 1.29 is 9.57 Å². The highest BCUT2D eigenvalue weighted by molar-refractivity contribution is 4.47. The third kappa shape index (κ3) is 5.72. The molecule has 4 N–H and O–H groups in total. The van der Waals surface area contributed by atoms with Crippen LogP contribution in [0.5, 0.6) is 0 Å². The van der Waals surface area contributed by atoms with E-state index in [4.69, 9.17) is 16.4 Å². The van der Waals surface area contributed by atoms with Gasteiger partial charge in [0.05, 0.1) is 19.3 Å². The summed E-state index contributed by atoms with van der Waals surface area (Å²) in [6.45, 7) is 3.36. The van der Waals surface area contributed by atoms with Gasteiger partial charge in [-0.1, -0.05) is 0 Å². The molecule has 56 valence electrons. The highest BCUT2D eigenvalue weighted by Crippen LogP contribution is 1.84. The van der Waals surface area contributed by atoms with E-state index in [0.29, 0.717) is 19.8 Å². The van der Waals surface area contributed by atoms with Crippen molar-refractivity contribution in [3.63, 3.8) is 0 Å². The molecule has 0 aromatic heterocycles. The minimum absolute atomic E-state index is 0.0974. The fourth-order valence-corrected chi connectivity index (χ4v) is 0.365. The van der Waals surface area contributed by atoms with E-state index in [2.05, 4.69) is 4.84 Å². The maximum Gasteiger partial charge on any atom is 0.0913 e. The average Bonchev–Trinajstić information content (AvgIpc) is 1.89. The molecule has 0 saturated carbocycles. The minimum atomic E-state index is 0.0974. The van der Waals surface area contributed by atoms with Gasteiger partial charge in [0, 0.05) is 6.54 Å². The predicted molar refractivity (Wildman–Crippen MR) is 34.6 cm³/mol. The van der Waals surface area contributed by atoms with E-state index in [1.54, 1.807) is 0 Å². The molecule has 4 nitrogen and oxygen atoms in total. The highest BCUT2D eigenvalue weighted by atomic mass is 16.6. The molecule has 0 aromatic carbocycles.